The molecule has 1 saturated heterocycles. The van der Waals surface area contributed by atoms with Gasteiger partial charge < -0.3 is 15.5 Å². The van der Waals surface area contributed by atoms with Crippen molar-refractivity contribution in [3.8, 4) is 0 Å². The number of urea groups is 1. The lowest BCUT2D eigenvalue weighted by molar-refractivity contribution is -0.133. The normalized spacial score (nSPS) is 18.3. The van der Waals surface area contributed by atoms with Gasteiger partial charge in [-0.15, -0.1) is 0 Å². The number of hydrogen-bond donors (Lipinski definition) is 2. The number of nitrogens with one attached hydrogen (secondary N) is 2. The molecule has 0 radical (unpaired) electrons. The molecule has 7 heteroatoms. The quantitative estimate of drug-likeness (QED) is 0.753. The Hall–Kier alpha value is -2.57. The molecule has 3 rings (SSSR count). The van der Waals surface area contributed by atoms with E-state index in [4.69, 9.17) is 0 Å². The molecule has 7 nitrogen and oxygen atoms in total. The molecule has 1 spiro atoms. The number of carbonyl (C=O) groups excluding carboxylic acids is 3. The lowest BCUT2D eigenvalue weighted by Crippen LogP contribution is -2.44. The van der Waals surface area contributed by atoms with Gasteiger partial charge in [-0.1, -0.05) is 12.8 Å². The van der Waals surface area contributed by atoms with Gasteiger partial charge in [0, 0.05) is 24.0 Å². The molecule has 2 fully saturated rings. The van der Waals surface area contributed by atoms with Gasteiger partial charge in [-0.2, -0.15) is 0 Å². The van der Waals surface area contributed by atoms with Gasteiger partial charge in [0.1, 0.15) is 12.1 Å². The van der Waals surface area contributed by atoms with Gasteiger partial charge >= 0.3 is 6.03 Å². The van der Waals surface area contributed by atoms with E-state index in [0.717, 1.165) is 30.0 Å². The minimum absolute atomic E-state index is 0.263. The first kappa shape index (κ1) is 19.2. The summed E-state index contributed by atoms with van der Waals surface area (Å²) in [6, 6.07) is 7.51. The van der Waals surface area contributed by atoms with E-state index in [9.17, 15) is 14.4 Å². The molecule has 0 atom stereocenters. The molecule has 27 heavy (non-hydrogen) atoms. The third-order valence-electron chi connectivity index (χ3n) is 5.45. The highest BCUT2D eigenvalue weighted by molar-refractivity contribution is 6.10. The molecule has 1 aromatic rings. The molecule has 1 aliphatic carbocycles. The molecule has 2 aliphatic rings. The Bertz CT molecular complexity index is 723. The van der Waals surface area contributed by atoms with Crippen molar-refractivity contribution in [2.24, 2.45) is 0 Å². The zero-order chi connectivity index (χ0) is 19.6. The monoisotopic (exact) mass is 372 g/mol. The Balaban J connectivity index is 1.61. The molecular formula is C20H28N4O3. The summed E-state index contributed by atoms with van der Waals surface area (Å²) in [6.45, 7) is 7.01. The van der Waals surface area contributed by atoms with E-state index in [-0.39, 0.29) is 18.4 Å². The molecule has 1 aliphatic heterocycles. The van der Waals surface area contributed by atoms with Crippen molar-refractivity contribution in [2.75, 3.05) is 23.3 Å². The van der Waals surface area contributed by atoms with Gasteiger partial charge in [-0.3, -0.25) is 14.5 Å². The maximum absolute atomic E-state index is 12.6. The lowest BCUT2D eigenvalue weighted by Gasteiger charge is -2.27. The topological polar surface area (TPSA) is 81.8 Å². The summed E-state index contributed by atoms with van der Waals surface area (Å²) in [4.78, 5) is 40.4. The number of nitrogens with zero attached hydrogens (tertiary/aromatic N) is 2. The van der Waals surface area contributed by atoms with Crippen molar-refractivity contribution in [1.82, 2.24) is 10.2 Å². The molecule has 4 amide bonds. The fourth-order valence-electron chi connectivity index (χ4n) is 4.06. The second-order valence-electron chi connectivity index (χ2n) is 7.59. The highest BCUT2D eigenvalue weighted by Gasteiger charge is 2.52. The highest BCUT2D eigenvalue weighted by Crippen LogP contribution is 2.34. The zero-order valence-electron chi connectivity index (χ0n) is 16.2. The zero-order valence-corrected chi connectivity index (χ0v) is 16.2. The van der Waals surface area contributed by atoms with Crippen LogP contribution in [0.5, 0.6) is 0 Å². The molecule has 0 aromatic heterocycles. The average Bonchev–Trinajstić information content (AvgIpc) is 3.18. The lowest BCUT2D eigenvalue weighted by atomic mass is 9.98. The Morgan fingerprint density at radius 1 is 1.22 bits per heavy atom. The van der Waals surface area contributed by atoms with Crippen LogP contribution < -0.4 is 15.5 Å². The van der Waals surface area contributed by atoms with Gasteiger partial charge in [-0.05, 0) is 57.9 Å². The second-order valence-corrected chi connectivity index (χ2v) is 7.59. The predicted octanol–water partition coefficient (Wildman–Crippen LogP) is 2.72. The first-order chi connectivity index (χ1) is 12.9. The summed E-state index contributed by atoms with van der Waals surface area (Å²) in [5.74, 6) is -0.650. The highest BCUT2D eigenvalue weighted by atomic mass is 16.2. The van der Waals surface area contributed by atoms with Gasteiger partial charge in [0.15, 0.2) is 0 Å². The SMILES string of the molecule is CCN(c1ccc(NC(=O)CN2C(=O)NC3(CCCC3)C2=O)cc1)C(C)C. The summed E-state index contributed by atoms with van der Waals surface area (Å²) < 4.78 is 0. The average molecular weight is 372 g/mol. The fraction of sp³-hybridized carbons (Fsp3) is 0.550. The van der Waals surface area contributed by atoms with Gasteiger partial charge in [0.05, 0.1) is 0 Å². The summed E-state index contributed by atoms with van der Waals surface area (Å²) in [5.41, 5.74) is 0.952. The van der Waals surface area contributed by atoms with Gasteiger partial charge in [-0.25, -0.2) is 4.79 Å². The van der Waals surface area contributed by atoms with Crippen molar-refractivity contribution in [1.29, 1.82) is 0 Å². The molecular weight excluding hydrogens is 344 g/mol. The number of hydrogen-bond acceptors (Lipinski definition) is 4. The summed E-state index contributed by atoms with van der Waals surface area (Å²) in [6.07, 6.45) is 3.15. The van der Waals surface area contributed by atoms with E-state index in [0.29, 0.717) is 24.6 Å². The number of benzene rings is 1. The smallest absolute Gasteiger partial charge is 0.325 e. The van der Waals surface area contributed by atoms with E-state index < -0.39 is 11.6 Å². The summed E-state index contributed by atoms with van der Waals surface area (Å²) >= 11 is 0. The van der Waals surface area contributed by atoms with Crippen LogP contribution in [-0.2, 0) is 9.59 Å². The number of rotatable bonds is 6. The van der Waals surface area contributed by atoms with Crippen LogP contribution in [0.4, 0.5) is 16.2 Å². The maximum Gasteiger partial charge on any atom is 0.325 e. The number of carbonyl (C=O) groups is 3. The van der Waals surface area contributed by atoms with Crippen molar-refractivity contribution in [2.45, 2.75) is 58.0 Å². The Morgan fingerprint density at radius 3 is 2.41 bits per heavy atom. The van der Waals surface area contributed by atoms with Crippen LogP contribution in [0.25, 0.3) is 0 Å². The molecule has 1 heterocycles. The van der Waals surface area contributed by atoms with Crippen LogP contribution in [0.15, 0.2) is 24.3 Å². The van der Waals surface area contributed by atoms with Crippen molar-refractivity contribution in [3.05, 3.63) is 24.3 Å². The van der Waals surface area contributed by atoms with Crippen LogP contribution in [0, 0.1) is 0 Å². The van der Waals surface area contributed by atoms with Crippen LogP contribution >= 0.6 is 0 Å². The molecule has 1 aromatic carbocycles. The van der Waals surface area contributed by atoms with Crippen LogP contribution in [0.3, 0.4) is 0 Å². The fourth-order valence-corrected chi connectivity index (χ4v) is 4.06. The first-order valence-electron chi connectivity index (χ1n) is 9.67. The minimum atomic E-state index is -0.778. The summed E-state index contributed by atoms with van der Waals surface area (Å²) in [5, 5.41) is 5.56. The Labute approximate surface area is 160 Å². The van der Waals surface area contributed by atoms with E-state index in [2.05, 4.69) is 36.3 Å². The standard InChI is InChI=1S/C20H28N4O3/c1-4-23(14(2)3)16-9-7-15(8-10-16)21-17(25)13-24-18(26)20(22-19(24)27)11-5-6-12-20/h7-10,14H,4-6,11-13H2,1-3H3,(H,21,25)(H,22,27). The second kappa shape index (κ2) is 7.58. The number of imide groups is 1. The number of amides is 4. The minimum Gasteiger partial charge on any atom is -0.369 e. The maximum atomic E-state index is 12.6. The largest absolute Gasteiger partial charge is 0.369 e. The Kier molecular flexibility index (Phi) is 5.39. The Morgan fingerprint density at radius 2 is 1.85 bits per heavy atom. The molecule has 0 unspecified atom stereocenters. The van der Waals surface area contributed by atoms with Crippen molar-refractivity contribution >= 4 is 29.2 Å². The molecule has 2 N–H and O–H groups in total. The molecule has 1 saturated carbocycles. The van der Waals surface area contributed by atoms with E-state index in [1.165, 1.54) is 0 Å². The number of anilines is 2. The van der Waals surface area contributed by atoms with Crippen LogP contribution in [0.1, 0.15) is 46.5 Å². The molecule has 0 bridgehead atoms. The van der Waals surface area contributed by atoms with E-state index in [1.807, 2.05) is 24.3 Å². The van der Waals surface area contributed by atoms with Crippen LogP contribution in [-0.4, -0.2) is 47.4 Å². The first-order valence-corrected chi connectivity index (χ1v) is 9.67. The van der Waals surface area contributed by atoms with Crippen molar-refractivity contribution < 1.29 is 14.4 Å². The third-order valence-corrected chi connectivity index (χ3v) is 5.45. The third kappa shape index (κ3) is 3.77. The van der Waals surface area contributed by atoms with Gasteiger partial charge in [0.2, 0.25) is 5.91 Å². The predicted molar refractivity (Wildman–Crippen MR) is 105 cm³/mol. The molecule has 146 valence electrons. The van der Waals surface area contributed by atoms with Crippen molar-refractivity contribution in [3.63, 3.8) is 0 Å². The van der Waals surface area contributed by atoms with Gasteiger partial charge in [0.25, 0.3) is 5.91 Å². The summed E-state index contributed by atoms with van der Waals surface area (Å²) in [7, 11) is 0. The van der Waals surface area contributed by atoms with Crippen LogP contribution in [0.2, 0.25) is 0 Å². The van der Waals surface area contributed by atoms with E-state index >= 15 is 0 Å². The van der Waals surface area contributed by atoms with E-state index in [1.54, 1.807) is 0 Å².